The first-order valence-electron chi connectivity index (χ1n) is 7.43. The second kappa shape index (κ2) is 7.41. The molecule has 0 radical (unpaired) electrons. The highest BCUT2D eigenvalue weighted by molar-refractivity contribution is 5.95. The van der Waals surface area contributed by atoms with Crippen molar-refractivity contribution in [3.05, 3.63) is 29.8 Å². The first kappa shape index (κ1) is 15.0. The Morgan fingerprint density at radius 3 is 2.90 bits per heavy atom. The molecule has 1 aromatic rings. The Morgan fingerprint density at radius 2 is 2.10 bits per heavy atom. The van der Waals surface area contributed by atoms with Gasteiger partial charge in [0.15, 0.2) is 0 Å². The molecule has 20 heavy (non-hydrogen) atoms. The number of nitrogens with zero attached hydrogens (tertiary/aromatic N) is 1. The van der Waals surface area contributed by atoms with Gasteiger partial charge < -0.3 is 15.5 Å². The van der Waals surface area contributed by atoms with Crippen LogP contribution in [0.5, 0.6) is 0 Å². The summed E-state index contributed by atoms with van der Waals surface area (Å²) >= 11 is 0. The molecule has 1 aromatic carbocycles. The molecule has 0 bridgehead atoms. The third-order valence-corrected chi connectivity index (χ3v) is 3.64. The molecule has 1 aliphatic rings. The van der Waals surface area contributed by atoms with Gasteiger partial charge in [-0.15, -0.1) is 0 Å². The van der Waals surface area contributed by atoms with E-state index in [0.29, 0.717) is 0 Å². The average molecular weight is 275 g/mol. The van der Waals surface area contributed by atoms with E-state index in [1.807, 2.05) is 32.3 Å². The van der Waals surface area contributed by atoms with Gasteiger partial charge in [0.05, 0.1) is 6.04 Å². The first-order valence-corrected chi connectivity index (χ1v) is 7.43. The molecule has 1 saturated heterocycles. The van der Waals surface area contributed by atoms with Crippen LogP contribution in [-0.2, 0) is 11.3 Å². The molecular formula is C16H25N3O. The van der Waals surface area contributed by atoms with Gasteiger partial charge in [0.25, 0.3) is 0 Å². The number of benzene rings is 1. The lowest BCUT2D eigenvalue weighted by molar-refractivity contribution is -0.118. The summed E-state index contributed by atoms with van der Waals surface area (Å²) in [6.45, 7) is 1.77. The molecule has 2 N–H and O–H groups in total. The van der Waals surface area contributed by atoms with Crippen LogP contribution in [0.2, 0.25) is 0 Å². The average Bonchev–Trinajstić information content (AvgIpc) is 2.69. The highest BCUT2D eigenvalue weighted by atomic mass is 16.2. The predicted octanol–water partition coefficient (Wildman–Crippen LogP) is 2.22. The number of hydrogen-bond donors (Lipinski definition) is 2. The summed E-state index contributed by atoms with van der Waals surface area (Å²) in [5.41, 5.74) is 2.08. The highest BCUT2D eigenvalue weighted by Crippen LogP contribution is 2.18. The molecule has 0 aliphatic carbocycles. The van der Waals surface area contributed by atoms with Gasteiger partial charge in [-0.25, -0.2) is 0 Å². The minimum absolute atomic E-state index is 0.0510. The number of amides is 1. The molecule has 0 aromatic heterocycles. The Balaban J connectivity index is 2.03. The Morgan fingerprint density at radius 1 is 1.30 bits per heavy atom. The van der Waals surface area contributed by atoms with Crippen LogP contribution in [-0.4, -0.2) is 37.5 Å². The minimum Gasteiger partial charge on any atom is -0.324 e. The second-order valence-electron chi connectivity index (χ2n) is 5.74. The van der Waals surface area contributed by atoms with Gasteiger partial charge in [0.2, 0.25) is 5.91 Å². The quantitative estimate of drug-likeness (QED) is 0.885. The number of para-hydroxylation sites is 1. The Hall–Kier alpha value is -1.39. The monoisotopic (exact) mass is 275 g/mol. The number of nitrogens with one attached hydrogen (secondary N) is 2. The molecule has 1 amide bonds. The summed E-state index contributed by atoms with van der Waals surface area (Å²) in [5, 5.41) is 6.42. The van der Waals surface area contributed by atoms with Crippen LogP contribution in [0.1, 0.15) is 31.2 Å². The smallest absolute Gasteiger partial charge is 0.241 e. The van der Waals surface area contributed by atoms with Crippen molar-refractivity contribution in [3.8, 4) is 0 Å². The fraction of sp³-hybridized carbons (Fsp3) is 0.562. The van der Waals surface area contributed by atoms with E-state index < -0.39 is 0 Å². The molecule has 0 saturated carbocycles. The van der Waals surface area contributed by atoms with Crippen molar-refractivity contribution in [2.45, 2.75) is 38.3 Å². The van der Waals surface area contributed by atoms with E-state index in [1.165, 1.54) is 12.8 Å². The lowest BCUT2D eigenvalue weighted by atomic mass is 10.1. The third-order valence-electron chi connectivity index (χ3n) is 3.64. The maximum atomic E-state index is 12.4. The van der Waals surface area contributed by atoms with Gasteiger partial charge in [-0.2, -0.15) is 0 Å². The van der Waals surface area contributed by atoms with E-state index >= 15 is 0 Å². The normalized spacial score (nSPS) is 19.6. The largest absolute Gasteiger partial charge is 0.324 e. The van der Waals surface area contributed by atoms with Gasteiger partial charge in [-0.05, 0) is 45.1 Å². The van der Waals surface area contributed by atoms with Gasteiger partial charge in [-0.1, -0.05) is 31.0 Å². The summed E-state index contributed by atoms with van der Waals surface area (Å²) in [6, 6.07) is 7.97. The van der Waals surface area contributed by atoms with E-state index in [9.17, 15) is 4.79 Å². The molecule has 110 valence electrons. The Bertz CT molecular complexity index is 437. The third kappa shape index (κ3) is 4.32. The molecule has 2 rings (SSSR count). The molecule has 4 heteroatoms. The standard InChI is InChI=1S/C16H25N3O/c1-19(2)12-13-8-5-6-9-14(13)18-16(20)15-10-4-3-7-11-17-15/h5-6,8-9,15,17H,3-4,7,10-12H2,1-2H3,(H,18,20). The Labute approximate surface area is 121 Å². The Kier molecular flexibility index (Phi) is 5.56. The van der Waals surface area contributed by atoms with Crippen molar-refractivity contribution >= 4 is 11.6 Å². The molecule has 1 heterocycles. The number of carbonyl (C=O) groups is 1. The number of rotatable bonds is 4. The summed E-state index contributed by atoms with van der Waals surface area (Å²) in [4.78, 5) is 14.5. The van der Waals surface area contributed by atoms with Crippen LogP contribution in [0.25, 0.3) is 0 Å². The van der Waals surface area contributed by atoms with E-state index in [4.69, 9.17) is 0 Å². The fourth-order valence-corrected chi connectivity index (χ4v) is 2.59. The van der Waals surface area contributed by atoms with Gasteiger partial charge >= 0.3 is 0 Å². The van der Waals surface area contributed by atoms with Crippen LogP contribution >= 0.6 is 0 Å². The van der Waals surface area contributed by atoms with Crippen molar-refractivity contribution in [1.82, 2.24) is 10.2 Å². The van der Waals surface area contributed by atoms with Crippen molar-refractivity contribution in [2.24, 2.45) is 0 Å². The molecule has 1 aliphatic heterocycles. The van der Waals surface area contributed by atoms with Crippen molar-refractivity contribution in [3.63, 3.8) is 0 Å². The maximum Gasteiger partial charge on any atom is 0.241 e. The maximum absolute atomic E-state index is 12.4. The number of hydrogen-bond acceptors (Lipinski definition) is 3. The zero-order valence-electron chi connectivity index (χ0n) is 12.5. The lowest BCUT2D eigenvalue weighted by Crippen LogP contribution is -2.40. The van der Waals surface area contributed by atoms with Crippen LogP contribution < -0.4 is 10.6 Å². The second-order valence-corrected chi connectivity index (χ2v) is 5.74. The topological polar surface area (TPSA) is 44.4 Å². The summed E-state index contributed by atoms with van der Waals surface area (Å²) in [7, 11) is 4.07. The van der Waals surface area contributed by atoms with E-state index in [2.05, 4.69) is 21.6 Å². The summed E-state index contributed by atoms with van der Waals surface area (Å²) in [6.07, 6.45) is 4.45. The molecule has 1 fully saturated rings. The van der Waals surface area contributed by atoms with Crippen LogP contribution in [0, 0.1) is 0 Å². The van der Waals surface area contributed by atoms with Gasteiger partial charge in [-0.3, -0.25) is 4.79 Å². The van der Waals surface area contributed by atoms with Crippen molar-refractivity contribution in [2.75, 3.05) is 26.0 Å². The zero-order valence-corrected chi connectivity index (χ0v) is 12.5. The van der Waals surface area contributed by atoms with Crippen LogP contribution in [0.3, 0.4) is 0 Å². The summed E-state index contributed by atoms with van der Waals surface area (Å²) < 4.78 is 0. The lowest BCUT2D eigenvalue weighted by Gasteiger charge is -2.18. The van der Waals surface area contributed by atoms with E-state index in [0.717, 1.165) is 37.2 Å². The predicted molar refractivity (Wildman–Crippen MR) is 82.7 cm³/mol. The van der Waals surface area contributed by atoms with Crippen LogP contribution in [0.15, 0.2) is 24.3 Å². The first-order chi connectivity index (χ1) is 9.66. The van der Waals surface area contributed by atoms with Gasteiger partial charge in [0, 0.05) is 12.2 Å². The summed E-state index contributed by atoms with van der Waals surface area (Å²) in [5.74, 6) is 0.0955. The van der Waals surface area contributed by atoms with Gasteiger partial charge in [0.1, 0.15) is 0 Å². The molecule has 4 nitrogen and oxygen atoms in total. The van der Waals surface area contributed by atoms with E-state index in [1.54, 1.807) is 0 Å². The molecule has 0 spiro atoms. The molecule has 1 atom stereocenters. The minimum atomic E-state index is -0.0510. The number of carbonyl (C=O) groups excluding carboxylic acids is 1. The molecule has 1 unspecified atom stereocenters. The van der Waals surface area contributed by atoms with E-state index in [-0.39, 0.29) is 11.9 Å². The highest BCUT2D eigenvalue weighted by Gasteiger charge is 2.20. The van der Waals surface area contributed by atoms with Crippen LogP contribution in [0.4, 0.5) is 5.69 Å². The SMILES string of the molecule is CN(C)Cc1ccccc1NC(=O)C1CCCCCN1. The zero-order chi connectivity index (χ0) is 14.4. The number of anilines is 1. The van der Waals surface area contributed by atoms with Crippen molar-refractivity contribution in [1.29, 1.82) is 0 Å². The fourth-order valence-electron chi connectivity index (χ4n) is 2.59. The van der Waals surface area contributed by atoms with Crippen molar-refractivity contribution < 1.29 is 4.79 Å². The molecular weight excluding hydrogens is 250 g/mol.